The number of carbonyl (C=O) groups excluding carboxylic acids is 1. The summed E-state index contributed by atoms with van der Waals surface area (Å²) in [6.07, 6.45) is 1.11. The SMILES string of the molecule is C[C@@H]1CN(c2snnc2C=O)C[C@@H](C)O1. The van der Waals surface area contributed by atoms with Gasteiger partial charge < -0.3 is 9.64 Å². The van der Waals surface area contributed by atoms with Gasteiger partial charge in [-0.15, -0.1) is 5.10 Å². The van der Waals surface area contributed by atoms with Gasteiger partial charge in [0.25, 0.3) is 0 Å². The quantitative estimate of drug-likeness (QED) is 0.704. The molecular formula is C9H13N3O2S. The zero-order chi connectivity index (χ0) is 10.8. The number of hydrogen-bond acceptors (Lipinski definition) is 6. The van der Waals surface area contributed by atoms with Gasteiger partial charge in [0, 0.05) is 24.6 Å². The van der Waals surface area contributed by atoms with Crippen molar-refractivity contribution in [2.24, 2.45) is 0 Å². The van der Waals surface area contributed by atoms with Crippen molar-refractivity contribution in [1.29, 1.82) is 0 Å². The maximum absolute atomic E-state index is 10.7. The first-order valence-electron chi connectivity index (χ1n) is 4.88. The summed E-state index contributed by atoms with van der Waals surface area (Å²) >= 11 is 1.26. The summed E-state index contributed by atoms with van der Waals surface area (Å²) in [5.74, 6) is 0. The molecule has 0 bridgehead atoms. The molecular weight excluding hydrogens is 214 g/mol. The molecule has 2 atom stereocenters. The molecule has 1 fully saturated rings. The number of nitrogens with zero attached hydrogens (tertiary/aromatic N) is 3. The predicted octanol–water partition coefficient (Wildman–Crippen LogP) is 0.964. The van der Waals surface area contributed by atoms with E-state index in [9.17, 15) is 4.79 Å². The molecule has 0 radical (unpaired) electrons. The average Bonchev–Trinajstić information content (AvgIpc) is 2.63. The van der Waals surface area contributed by atoms with Gasteiger partial charge in [-0.3, -0.25) is 4.79 Å². The van der Waals surface area contributed by atoms with Crippen molar-refractivity contribution in [2.75, 3.05) is 18.0 Å². The van der Waals surface area contributed by atoms with Crippen LogP contribution in [-0.2, 0) is 4.74 Å². The van der Waals surface area contributed by atoms with Gasteiger partial charge in [-0.25, -0.2) is 0 Å². The third kappa shape index (κ3) is 2.15. The van der Waals surface area contributed by atoms with Gasteiger partial charge in [0.1, 0.15) is 5.00 Å². The molecule has 6 heteroatoms. The van der Waals surface area contributed by atoms with Crippen LogP contribution in [0.15, 0.2) is 0 Å². The number of carbonyl (C=O) groups is 1. The molecule has 0 aromatic carbocycles. The van der Waals surface area contributed by atoms with Crippen molar-refractivity contribution in [3.05, 3.63) is 5.69 Å². The minimum Gasteiger partial charge on any atom is -0.372 e. The van der Waals surface area contributed by atoms with Crippen LogP contribution < -0.4 is 4.90 Å². The van der Waals surface area contributed by atoms with Gasteiger partial charge in [-0.2, -0.15) is 0 Å². The van der Waals surface area contributed by atoms with Crippen molar-refractivity contribution in [1.82, 2.24) is 9.59 Å². The van der Waals surface area contributed by atoms with E-state index in [-0.39, 0.29) is 12.2 Å². The van der Waals surface area contributed by atoms with Crippen molar-refractivity contribution in [3.63, 3.8) is 0 Å². The summed E-state index contributed by atoms with van der Waals surface area (Å²) in [7, 11) is 0. The molecule has 0 saturated carbocycles. The Morgan fingerprint density at radius 3 is 2.73 bits per heavy atom. The standard InChI is InChI=1S/C9H13N3O2S/c1-6-3-12(4-7(2)14-6)9-8(5-13)10-11-15-9/h5-7H,3-4H2,1-2H3/t6-,7-/m1/s1. The van der Waals surface area contributed by atoms with E-state index in [1.165, 1.54) is 11.5 Å². The highest BCUT2D eigenvalue weighted by Crippen LogP contribution is 2.25. The van der Waals surface area contributed by atoms with Gasteiger partial charge in [0.2, 0.25) is 0 Å². The fraction of sp³-hybridized carbons (Fsp3) is 0.667. The van der Waals surface area contributed by atoms with Gasteiger partial charge in [0.05, 0.1) is 12.2 Å². The zero-order valence-electron chi connectivity index (χ0n) is 8.71. The van der Waals surface area contributed by atoms with Crippen LogP contribution in [0.25, 0.3) is 0 Å². The first kappa shape index (κ1) is 10.5. The maximum atomic E-state index is 10.7. The second-order valence-corrected chi connectivity index (χ2v) is 4.48. The van der Waals surface area contributed by atoms with E-state index >= 15 is 0 Å². The monoisotopic (exact) mass is 227 g/mol. The molecule has 0 N–H and O–H groups in total. The van der Waals surface area contributed by atoms with Crippen LogP contribution in [0.4, 0.5) is 5.00 Å². The first-order chi connectivity index (χ1) is 7.20. The highest BCUT2D eigenvalue weighted by atomic mass is 32.1. The van der Waals surface area contributed by atoms with E-state index in [1.54, 1.807) is 0 Å². The molecule has 0 amide bonds. The molecule has 15 heavy (non-hydrogen) atoms. The Morgan fingerprint density at radius 1 is 1.47 bits per heavy atom. The van der Waals surface area contributed by atoms with E-state index in [4.69, 9.17) is 4.74 Å². The molecule has 1 aromatic heterocycles. The number of ether oxygens (including phenoxy) is 1. The number of anilines is 1. The van der Waals surface area contributed by atoms with Crippen LogP contribution in [0.3, 0.4) is 0 Å². The Labute approximate surface area is 92.2 Å². The number of aldehydes is 1. The van der Waals surface area contributed by atoms with Crippen LogP contribution in [0, 0.1) is 0 Å². The largest absolute Gasteiger partial charge is 0.372 e. The number of morpholine rings is 1. The summed E-state index contributed by atoms with van der Waals surface area (Å²) in [5.41, 5.74) is 0.432. The molecule has 1 saturated heterocycles. The third-order valence-electron chi connectivity index (χ3n) is 2.31. The Morgan fingerprint density at radius 2 is 2.13 bits per heavy atom. The lowest BCUT2D eigenvalue weighted by molar-refractivity contribution is -0.00505. The van der Waals surface area contributed by atoms with Crippen molar-refractivity contribution >= 4 is 22.8 Å². The zero-order valence-corrected chi connectivity index (χ0v) is 9.53. The van der Waals surface area contributed by atoms with Crippen molar-refractivity contribution in [2.45, 2.75) is 26.1 Å². The maximum Gasteiger partial charge on any atom is 0.173 e. The minimum atomic E-state index is 0.176. The molecule has 5 nitrogen and oxygen atoms in total. The Bertz CT molecular complexity index is 345. The lowest BCUT2D eigenvalue weighted by Gasteiger charge is -2.35. The van der Waals surface area contributed by atoms with Crippen LogP contribution in [0.2, 0.25) is 0 Å². The molecule has 82 valence electrons. The fourth-order valence-electron chi connectivity index (χ4n) is 1.83. The lowest BCUT2D eigenvalue weighted by Crippen LogP contribution is -2.45. The normalized spacial score (nSPS) is 26.7. The molecule has 1 aromatic rings. The highest BCUT2D eigenvalue weighted by Gasteiger charge is 2.25. The van der Waals surface area contributed by atoms with Crippen molar-refractivity contribution in [3.8, 4) is 0 Å². The Balaban J connectivity index is 2.19. The smallest absolute Gasteiger partial charge is 0.173 e. The topological polar surface area (TPSA) is 55.3 Å². The van der Waals surface area contributed by atoms with Gasteiger partial charge in [-0.05, 0) is 13.8 Å². The summed E-state index contributed by atoms with van der Waals surface area (Å²) in [5, 5.41) is 4.63. The van der Waals surface area contributed by atoms with Crippen LogP contribution in [0.1, 0.15) is 24.3 Å². The van der Waals surface area contributed by atoms with Gasteiger partial charge in [0.15, 0.2) is 12.0 Å². The molecule has 0 unspecified atom stereocenters. The van der Waals surface area contributed by atoms with Gasteiger partial charge in [-0.1, -0.05) is 4.49 Å². The van der Waals surface area contributed by atoms with E-state index in [0.717, 1.165) is 24.4 Å². The van der Waals surface area contributed by atoms with E-state index < -0.39 is 0 Å². The molecule has 0 spiro atoms. The van der Waals surface area contributed by atoms with E-state index in [2.05, 4.69) is 14.5 Å². The fourth-order valence-corrected chi connectivity index (χ4v) is 2.48. The summed E-state index contributed by atoms with van der Waals surface area (Å²) in [6.45, 7) is 5.62. The first-order valence-corrected chi connectivity index (χ1v) is 5.66. The molecule has 2 heterocycles. The van der Waals surface area contributed by atoms with Crippen LogP contribution >= 0.6 is 11.5 Å². The predicted molar refractivity (Wildman–Crippen MR) is 57.5 cm³/mol. The summed E-state index contributed by atoms with van der Waals surface area (Å²) < 4.78 is 9.42. The lowest BCUT2D eigenvalue weighted by atomic mass is 10.2. The third-order valence-corrected chi connectivity index (χ3v) is 3.12. The number of aromatic nitrogens is 2. The van der Waals surface area contributed by atoms with E-state index in [1.807, 2.05) is 13.8 Å². The average molecular weight is 227 g/mol. The van der Waals surface area contributed by atoms with Crippen molar-refractivity contribution < 1.29 is 9.53 Å². The van der Waals surface area contributed by atoms with E-state index in [0.29, 0.717) is 5.69 Å². The Kier molecular flexibility index (Phi) is 2.97. The summed E-state index contributed by atoms with van der Waals surface area (Å²) in [4.78, 5) is 12.9. The van der Waals surface area contributed by atoms with Crippen LogP contribution in [0.5, 0.6) is 0 Å². The highest BCUT2D eigenvalue weighted by molar-refractivity contribution is 7.10. The van der Waals surface area contributed by atoms with Gasteiger partial charge >= 0.3 is 0 Å². The summed E-state index contributed by atoms with van der Waals surface area (Å²) in [6, 6.07) is 0. The molecule has 1 aliphatic heterocycles. The second-order valence-electron chi connectivity index (χ2n) is 3.74. The second kappa shape index (κ2) is 4.24. The molecule has 2 rings (SSSR count). The molecule has 0 aliphatic carbocycles. The Hall–Kier alpha value is -1.01. The van der Waals surface area contributed by atoms with Crippen LogP contribution in [-0.4, -0.2) is 41.2 Å². The molecule has 1 aliphatic rings. The minimum absolute atomic E-state index is 0.176. The number of rotatable bonds is 2. The number of hydrogen-bond donors (Lipinski definition) is 0.